The van der Waals surface area contributed by atoms with Crippen LogP contribution in [0, 0.1) is 17.8 Å². The predicted molar refractivity (Wildman–Crippen MR) is 76.0 cm³/mol. The molecule has 0 spiro atoms. The molecular formula is C17H21Cl. The molecule has 3 unspecified atom stereocenters. The van der Waals surface area contributed by atoms with Gasteiger partial charge in [0, 0.05) is 0 Å². The molecule has 0 heterocycles. The van der Waals surface area contributed by atoms with Crippen molar-refractivity contribution in [2.45, 2.75) is 50.3 Å². The largest absolute Gasteiger partial charge is 0.117 e. The molecular weight excluding hydrogens is 240 g/mol. The molecule has 0 bridgehead atoms. The quantitative estimate of drug-likeness (QED) is 0.664. The van der Waals surface area contributed by atoms with Crippen LogP contribution in [0.25, 0.3) is 0 Å². The van der Waals surface area contributed by atoms with E-state index in [4.69, 9.17) is 11.6 Å². The van der Waals surface area contributed by atoms with Crippen molar-refractivity contribution in [3.8, 4) is 0 Å². The summed E-state index contributed by atoms with van der Waals surface area (Å²) in [5.41, 5.74) is 4.54. The minimum atomic E-state index is 0.281. The zero-order chi connectivity index (χ0) is 12.1. The van der Waals surface area contributed by atoms with Crippen LogP contribution in [0.5, 0.6) is 0 Å². The molecule has 2 fully saturated rings. The number of hydrogen-bond donors (Lipinski definition) is 0. The van der Waals surface area contributed by atoms with Gasteiger partial charge in [-0.05, 0) is 66.5 Å². The van der Waals surface area contributed by atoms with Crippen molar-refractivity contribution in [3.63, 3.8) is 0 Å². The molecule has 1 aromatic carbocycles. The Balaban J connectivity index is 1.56. The van der Waals surface area contributed by atoms with Crippen LogP contribution in [-0.2, 0) is 12.8 Å². The lowest BCUT2D eigenvalue weighted by molar-refractivity contribution is 0.480. The average Bonchev–Trinajstić information content (AvgIpc) is 2.95. The summed E-state index contributed by atoms with van der Waals surface area (Å²) in [6.07, 6.45) is 9.62. The lowest BCUT2D eigenvalue weighted by Gasteiger charge is -2.11. The number of alkyl halides is 1. The summed E-state index contributed by atoms with van der Waals surface area (Å²) >= 11 is 6.78. The van der Waals surface area contributed by atoms with E-state index in [1.54, 1.807) is 11.1 Å². The first kappa shape index (κ1) is 11.3. The first-order valence-corrected chi connectivity index (χ1v) is 8.04. The van der Waals surface area contributed by atoms with Crippen molar-refractivity contribution in [1.29, 1.82) is 0 Å². The van der Waals surface area contributed by atoms with Crippen LogP contribution in [0.15, 0.2) is 18.2 Å². The Labute approximate surface area is 115 Å². The van der Waals surface area contributed by atoms with Gasteiger partial charge in [0.05, 0.1) is 5.38 Å². The van der Waals surface area contributed by atoms with Gasteiger partial charge in [-0.1, -0.05) is 31.0 Å². The maximum absolute atomic E-state index is 6.78. The van der Waals surface area contributed by atoms with Crippen LogP contribution in [0.3, 0.4) is 0 Å². The summed E-state index contributed by atoms with van der Waals surface area (Å²) in [5.74, 6) is 2.69. The molecule has 0 aliphatic heterocycles. The fraction of sp³-hybridized carbons (Fsp3) is 0.647. The normalized spacial score (nSPS) is 34.8. The smallest absolute Gasteiger partial charge is 0.0619 e. The fourth-order valence-electron chi connectivity index (χ4n) is 4.47. The Morgan fingerprint density at radius 2 is 1.67 bits per heavy atom. The van der Waals surface area contributed by atoms with Crippen molar-refractivity contribution in [2.75, 3.05) is 0 Å². The van der Waals surface area contributed by atoms with Gasteiger partial charge in [0.2, 0.25) is 0 Å². The Hall–Kier alpha value is -0.490. The summed E-state index contributed by atoms with van der Waals surface area (Å²) in [7, 11) is 0. The first-order chi connectivity index (χ1) is 8.84. The van der Waals surface area contributed by atoms with Crippen LogP contribution in [0.1, 0.15) is 54.2 Å². The molecule has 0 aromatic heterocycles. The minimum Gasteiger partial charge on any atom is -0.117 e. The molecule has 3 aliphatic rings. The zero-order valence-corrected chi connectivity index (χ0v) is 11.6. The lowest BCUT2D eigenvalue weighted by atomic mass is 10.0. The van der Waals surface area contributed by atoms with E-state index in [1.165, 1.54) is 50.5 Å². The van der Waals surface area contributed by atoms with Gasteiger partial charge in [0.25, 0.3) is 0 Å². The molecule has 2 saturated carbocycles. The summed E-state index contributed by atoms with van der Waals surface area (Å²) < 4.78 is 0. The van der Waals surface area contributed by atoms with Gasteiger partial charge in [-0.25, -0.2) is 0 Å². The van der Waals surface area contributed by atoms with Crippen LogP contribution in [-0.4, -0.2) is 0 Å². The van der Waals surface area contributed by atoms with Gasteiger partial charge >= 0.3 is 0 Å². The Morgan fingerprint density at radius 3 is 2.44 bits per heavy atom. The van der Waals surface area contributed by atoms with Gasteiger partial charge in [-0.3, -0.25) is 0 Å². The van der Waals surface area contributed by atoms with Crippen LogP contribution in [0.4, 0.5) is 0 Å². The van der Waals surface area contributed by atoms with E-state index in [9.17, 15) is 0 Å². The third-order valence-corrected chi connectivity index (χ3v) is 6.04. The Kier molecular flexibility index (Phi) is 2.69. The van der Waals surface area contributed by atoms with E-state index in [0.29, 0.717) is 0 Å². The average molecular weight is 261 g/mol. The number of aryl methyl sites for hydroxylation is 2. The first-order valence-electron chi connectivity index (χ1n) is 7.60. The van der Waals surface area contributed by atoms with Gasteiger partial charge in [0.15, 0.2) is 0 Å². The Bertz CT molecular complexity index is 453. The molecule has 1 aromatic rings. The third kappa shape index (κ3) is 1.72. The van der Waals surface area contributed by atoms with Gasteiger partial charge in [-0.15, -0.1) is 11.6 Å². The second-order valence-corrected chi connectivity index (χ2v) is 6.94. The highest BCUT2D eigenvalue weighted by atomic mass is 35.5. The highest BCUT2D eigenvalue weighted by Gasteiger charge is 2.53. The summed E-state index contributed by atoms with van der Waals surface area (Å²) in [6, 6.07) is 7.04. The summed E-state index contributed by atoms with van der Waals surface area (Å²) in [4.78, 5) is 0. The maximum atomic E-state index is 6.78. The molecule has 0 radical (unpaired) electrons. The van der Waals surface area contributed by atoms with Crippen LogP contribution < -0.4 is 0 Å². The second-order valence-electron chi connectivity index (χ2n) is 6.47. The molecule has 0 amide bonds. The second kappa shape index (κ2) is 4.27. The standard InChI is InChI=1S/C17H21Cl/c18-17(16-14-6-1-2-7-15(14)16)13-9-8-11-4-3-5-12(11)10-13/h8-10,14-17H,1-7H2. The van der Waals surface area contributed by atoms with Gasteiger partial charge in [0.1, 0.15) is 0 Å². The molecule has 0 saturated heterocycles. The number of hydrogen-bond acceptors (Lipinski definition) is 0. The van der Waals surface area contributed by atoms with Crippen molar-refractivity contribution < 1.29 is 0 Å². The number of rotatable bonds is 2. The molecule has 96 valence electrons. The number of halogens is 1. The van der Waals surface area contributed by atoms with Crippen LogP contribution >= 0.6 is 11.6 Å². The van der Waals surface area contributed by atoms with Gasteiger partial charge < -0.3 is 0 Å². The van der Waals surface area contributed by atoms with E-state index < -0.39 is 0 Å². The Morgan fingerprint density at radius 1 is 0.944 bits per heavy atom. The molecule has 0 nitrogen and oxygen atoms in total. The third-order valence-electron chi connectivity index (χ3n) is 5.50. The molecule has 1 heteroatoms. The topological polar surface area (TPSA) is 0 Å². The monoisotopic (exact) mass is 260 g/mol. The summed E-state index contributed by atoms with van der Waals surface area (Å²) in [5, 5.41) is 0.281. The lowest BCUT2D eigenvalue weighted by Crippen LogP contribution is -1.97. The molecule has 0 N–H and O–H groups in total. The van der Waals surface area contributed by atoms with Crippen molar-refractivity contribution in [2.24, 2.45) is 17.8 Å². The molecule has 3 aliphatic carbocycles. The predicted octanol–water partition coefficient (Wildman–Crippen LogP) is 4.89. The maximum Gasteiger partial charge on any atom is 0.0619 e. The van der Waals surface area contributed by atoms with E-state index in [2.05, 4.69) is 18.2 Å². The molecule has 4 rings (SSSR count). The molecule has 18 heavy (non-hydrogen) atoms. The van der Waals surface area contributed by atoms with E-state index >= 15 is 0 Å². The van der Waals surface area contributed by atoms with E-state index in [0.717, 1.165) is 17.8 Å². The summed E-state index contributed by atoms with van der Waals surface area (Å²) in [6.45, 7) is 0. The van der Waals surface area contributed by atoms with Crippen molar-refractivity contribution in [1.82, 2.24) is 0 Å². The minimum absolute atomic E-state index is 0.281. The zero-order valence-electron chi connectivity index (χ0n) is 10.9. The highest BCUT2D eigenvalue weighted by molar-refractivity contribution is 6.21. The number of benzene rings is 1. The van der Waals surface area contributed by atoms with E-state index in [-0.39, 0.29) is 5.38 Å². The number of fused-ring (bicyclic) bond motifs is 2. The fourth-order valence-corrected chi connectivity index (χ4v) is 4.98. The van der Waals surface area contributed by atoms with Crippen molar-refractivity contribution >= 4 is 11.6 Å². The SMILES string of the molecule is ClC(c1ccc2c(c1)CCC2)C1C2CCCCC21. The van der Waals surface area contributed by atoms with Crippen molar-refractivity contribution in [3.05, 3.63) is 34.9 Å². The van der Waals surface area contributed by atoms with E-state index in [1.807, 2.05) is 0 Å². The van der Waals surface area contributed by atoms with Gasteiger partial charge in [-0.2, -0.15) is 0 Å². The molecule has 3 atom stereocenters. The van der Waals surface area contributed by atoms with Crippen LogP contribution in [0.2, 0.25) is 0 Å². The highest BCUT2D eigenvalue weighted by Crippen LogP contribution is 2.62.